The van der Waals surface area contributed by atoms with Crippen molar-refractivity contribution in [2.45, 2.75) is 45.3 Å². The number of piperidine rings is 1. The Morgan fingerprint density at radius 3 is 2.46 bits per heavy atom. The van der Waals surface area contributed by atoms with E-state index in [0.29, 0.717) is 42.4 Å². The van der Waals surface area contributed by atoms with Crippen LogP contribution in [0, 0.1) is 0 Å². The first-order valence-corrected chi connectivity index (χ1v) is 8.95. The molecule has 7 nitrogen and oxygen atoms in total. The summed E-state index contributed by atoms with van der Waals surface area (Å²) >= 11 is 5.96. The van der Waals surface area contributed by atoms with E-state index in [1.165, 1.54) is 7.11 Å². The molecule has 1 aliphatic heterocycles. The number of hydrogen-bond acceptors (Lipinski definition) is 4. The predicted molar refractivity (Wildman–Crippen MR) is 101 cm³/mol. The van der Waals surface area contributed by atoms with E-state index in [1.54, 1.807) is 23.1 Å². The number of rotatable bonds is 3. The zero-order valence-corrected chi connectivity index (χ0v) is 16.4. The quantitative estimate of drug-likeness (QED) is 0.830. The molecule has 0 radical (unpaired) electrons. The number of urea groups is 1. The molecule has 1 fully saturated rings. The summed E-state index contributed by atoms with van der Waals surface area (Å²) in [6.45, 7) is 6.61. The lowest BCUT2D eigenvalue weighted by Gasteiger charge is -2.33. The molecule has 1 aliphatic rings. The Kier molecular flexibility index (Phi) is 6.58. The van der Waals surface area contributed by atoms with Crippen LogP contribution in [0.25, 0.3) is 0 Å². The van der Waals surface area contributed by atoms with Crippen LogP contribution in [0.3, 0.4) is 0 Å². The summed E-state index contributed by atoms with van der Waals surface area (Å²) in [6.07, 6.45) is 1.02. The Morgan fingerprint density at radius 1 is 1.23 bits per heavy atom. The lowest BCUT2D eigenvalue weighted by molar-refractivity contribution is 0.0202. The van der Waals surface area contributed by atoms with Crippen LogP contribution < -0.4 is 15.4 Å². The number of amides is 3. The summed E-state index contributed by atoms with van der Waals surface area (Å²) in [5.74, 6) is 0.532. The van der Waals surface area contributed by atoms with Gasteiger partial charge in [0.05, 0.1) is 12.8 Å². The summed E-state index contributed by atoms with van der Waals surface area (Å²) in [4.78, 5) is 26.0. The Bertz CT molecular complexity index is 652. The molecule has 1 aromatic rings. The van der Waals surface area contributed by atoms with E-state index in [0.717, 1.165) is 0 Å². The van der Waals surface area contributed by atoms with Crippen LogP contribution in [0.2, 0.25) is 5.02 Å². The number of nitrogens with zero attached hydrogens (tertiary/aromatic N) is 1. The third-order valence-electron chi connectivity index (χ3n) is 3.89. The normalized spacial score (nSPS) is 15.3. The second-order valence-electron chi connectivity index (χ2n) is 7.18. The number of halogens is 1. The van der Waals surface area contributed by atoms with Crippen molar-refractivity contribution in [2.75, 3.05) is 25.5 Å². The molecule has 0 atom stereocenters. The van der Waals surface area contributed by atoms with Crippen LogP contribution >= 0.6 is 11.6 Å². The summed E-state index contributed by atoms with van der Waals surface area (Å²) in [5.41, 5.74) is -0.00841. The minimum Gasteiger partial charge on any atom is -0.495 e. The molecule has 26 heavy (non-hydrogen) atoms. The molecule has 0 saturated carbocycles. The smallest absolute Gasteiger partial charge is 0.410 e. The van der Waals surface area contributed by atoms with Gasteiger partial charge in [0.2, 0.25) is 0 Å². The molecule has 2 rings (SSSR count). The van der Waals surface area contributed by atoms with Gasteiger partial charge in [0, 0.05) is 24.2 Å². The Balaban J connectivity index is 1.83. The van der Waals surface area contributed by atoms with Gasteiger partial charge in [0.1, 0.15) is 11.4 Å². The predicted octanol–water partition coefficient (Wildman–Crippen LogP) is 3.87. The van der Waals surface area contributed by atoms with Gasteiger partial charge in [0.25, 0.3) is 0 Å². The molecule has 2 N–H and O–H groups in total. The molecule has 3 amide bonds. The zero-order valence-electron chi connectivity index (χ0n) is 15.6. The molecule has 0 aliphatic carbocycles. The number of benzene rings is 1. The molecule has 0 spiro atoms. The highest BCUT2D eigenvalue weighted by Gasteiger charge is 2.27. The third kappa shape index (κ3) is 5.98. The Hall–Kier alpha value is -2.15. The number of hydrogen-bond donors (Lipinski definition) is 2. The fourth-order valence-electron chi connectivity index (χ4n) is 2.65. The summed E-state index contributed by atoms with van der Waals surface area (Å²) < 4.78 is 10.6. The van der Waals surface area contributed by atoms with Gasteiger partial charge in [-0.1, -0.05) is 11.6 Å². The minimum atomic E-state index is -0.512. The van der Waals surface area contributed by atoms with Crippen molar-refractivity contribution < 1.29 is 19.1 Å². The van der Waals surface area contributed by atoms with Crippen molar-refractivity contribution in [2.24, 2.45) is 0 Å². The van der Waals surface area contributed by atoms with E-state index in [1.807, 2.05) is 20.8 Å². The van der Waals surface area contributed by atoms with Crippen LogP contribution in [0.5, 0.6) is 5.75 Å². The van der Waals surface area contributed by atoms with Gasteiger partial charge < -0.3 is 25.0 Å². The van der Waals surface area contributed by atoms with Crippen LogP contribution in [0.15, 0.2) is 18.2 Å². The van der Waals surface area contributed by atoms with Gasteiger partial charge in [-0.2, -0.15) is 0 Å². The average Bonchev–Trinajstić information content (AvgIpc) is 2.54. The van der Waals surface area contributed by atoms with Crippen molar-refractivity contribution in [3.05, 3.63) is 23.2 Å². The number of ether oxygens (including phenoxy) is 2. The highest BCUT2D eigenvalue weighted by Crippen LogP contribution is 2.27. The van der Waals surface area contributed by atoms with E-state index in [-0.39, 0.29) is 18.2 Å². The number of carbonyl (C=O) groups is 2. The first-order chi connectivity index (χ1) is 12.2. The van der Waals surface area contributed by atoms with Crippen LogP contribution in [-0.2, 0) is 4.74 Å². The molecular formula is C18H26ClN3O4. The first-order valence-electron chi connectivity index (χ1n) is 8.57. The Morgan fingerprint density at radius 2 is 1.88 bits per heavy atom. The molecule has 1 aromatic carbocycles. The molecule has 0 aromatic heterocycles. The summed E-state index contributed by atoms with van der Waals surface area (Å²) in [5, 5.41) is 6.17. The fraction of sp³-hybridized carbons (Fsp3) is 0.556. The first kappa shape index (κ1) is 20.2. The number of methoxy groups -OCH3 is 1. The van der Waals surface area contributed by atoms with Gasteiger partial charge in [-0.25, -0.2) is 9.59 Å². The van der Waals surface area contributed by atoms with Crippen LogP contribution in [0.1, 0.15) is 33.6 Å². The SMILES string of the molecule is COc1ccc(Cl)cc1NC(=O)NC1CCN(C(=O)OC(C)(C)C)CC1. The molecule has 144 valence electrons. The monoisotopic (exact) mass is 383 g/mol. The summed E-state index contributed by atoms with van der Waals surface area (Å²) in [6, 6.07) is 4.67. The van der Waals surface area contributed by atoms with Crippen molar-refractivity contribution in [3.63, 3.8) is 0 Å². The molecule has 1 heterocycles. The maximum absolute atomic E-state index is 12.2. The van der Waals surface area contributed by atoms with Gasteiger partial charge >= 0.3 is 12.1 Å². The second kappa shape index (κ2) is 8.49. The van der Waals surface area contributed by atoms with Crippen molar-refractivity contribution >= 4 is 29.4 Å². The Labute approximate surface area is 159 Å². The van der Waals surface area contributed by atoms with E-state index in [9.17, 15) is 9.59 Å². The number of anilines is 1. The minimum absolute atomic E-state index is 0.0149. The van der Waals surface area contributed by atoms with Gasteiger partial charge in [-0.3, -0.25) is 0 Å². The standard InChI is InChI=1S/C18H26ClN3O4/c1-18(2,3)26-17(24)22-9-7-13(8-10-22)20-16(23)21-14-11-12(19)5-6-15(14)25-4/h5-6,11,13H,7-10H2,1-4H3,(H2,20,21,23). The van der Waals surface area contributed by atoms with Crippen molar-refractivity contribution in [3.8, 4) is 5.75 Å². The van der Waals surface area contributed by atoms with Gasteiger partial charge in [-0.05, 0) is 51.8 Å². The number of nitrogens with one attached hydrogen (secondary N) is 2. The van der Waals surface area contributed by atoms with Gasteiger partial charge in [0.15, 0.2) is 0 Å². The maximum Gasteiger partial charge on any atom is 0.410 e. The fourth-order valence-corrected chi connectivity index (χ4v) is 2.83. The highest BCUT2D eigenvalue weighted by molar-refractivity contribution is 6.31. The van der Waals surface area contributed by atoms with Crippen LogP contribution in [-0.4, -0.2) is 48.9 Å². The number of likely N-dealkylation sites (tertiary alicyclic amines) is 1. The zero-order chi connectivity index (χ0) is 19.3. The molecule has 0 unspecified atom stereocenters. The number of carbonyl (C=O) groups excluding carboxylic acids is 2. The molecule has 0 bridgehead atoms. The van der Waals surface area contributed by atoms with E-state index in [2.05, 4.69) is 10.6 Å². The van der Waals surface area contributed by atoms with Crippen molar-refractivity contribution in [1.29, 1.82) is 0 Å². The van der Waals surface area contributed by atoms with E-state index in [4.69, 9.17) is 21.1 Å². The topological polar surface area (TPSA) is 79.9 Å². The molecule has 8 heteroatoms. The molecular weight excluding hydrogens is 358 g/mol. The lowest BCUT2D eigenvalue weighted by Crippen LogP contribution is -2.48. The third-order valence-corrected chi connectivity index (χ3v) is 4.13. The van der Waals surface area contributed by atoms with Crippen molar-refractivity contribution in [1.82, 2.24) is 10.2 Å². The lowest BCUT2D eigenvalue weighted by atomic mass is 10.1. The van der Waals surface area contributed by atoms with Crippen LogP contribution in [0.4, 0.5) is 15.3 Å². The van der Waals surface area contributed by atoms with E-state index < -0.39 is 5.60 Å². The highest BCUT2D eigenvalue weighted by atomic mass is 35.5. The van der Waals surface area contributed by atoms with E-state index >= 15 is 0 Å². The summed E-state index contributed by atoms with van der Waals surface area (Å²) in [7, 11) is 1.53. The maximum atomic E-state index is 12.2. The largest absolute Gasteiger partial charge is 0.495 e. The average molecular weight is 384 g/mol. The van der Waals surface area contributed by atoms with Gasteiger partial charge in [-0.15, -0.1) is 0 Å². The second-order valence-corrected chi connectivity index (χ2v) is 7.62. The molecule has 1 saturated heterocycles.